The van der Waals surface area contributed by atoms with Crippen LogP contribution in [0.25, 0.3) is 0 Å². The third kappa shape index (κ3) is 9.47. The number of benzene rings is 3. The zero-order chi connectivity index (χ0) is 31.1. The van der Waals surface area contributed by atoms with E-state index in [1.807, 2.05) is 0 Å². The summed E-state index contributed by atoms with van der Waals surface area (Å²) in [5.74, 6) is 0.174. The van der Waals surface area contributed by atoms with Crippen molar-refractivity contribution in [2.75, 3.05) is 33.8 Å². The van der Waals surface area contributed by atoms with Crippen molar-refractivity contribution in [3.63, 3.8) is 0 Å². The van der Waals surface area contributed by atoms with Crippen LogP contribution < -0.4 is 4.74 Å². The molecule has 0 heterocycles. The van der Waals surface area contributed by atoms with E-state index in [-0.39, 0.29) is 35.4 Å². The lowest BCUT2D eigenvalue weighted by molar-refractivity contribution is -0.130. The Kier molecular flexibility index (Phi) is 11.0. The predicted octanol–water partition coefficient (Wildman–Crippen LogP) is 5.15. The van der Waals surface area contributed by atoms with Gasteiger partial charge in [-0.15, -0.1) is 0 Å². The van der Waals surface area contributed by atoms with E-state index < -0.39 is 27.6 Å². The van der Waals surface area contributed by atoms with Crippen LogP contribution in [0.5, 0.6) is 5.75 Å². The molecule has 0 saturated heterocycles. The second-order valence-corrected chi connectivity index (χ2v) is 13.3. The average Bonchev–Trinajstić information content (AvgIpc) is 2.93. The van der Waals surface area contributed by atoms with Crippen LogP contribution in [0.2, 0.25) is 5.02 Å². The van der Waals surface area contributed by atoms with Crippen LogP contribution >= 0.6 is 11.6 Å². The molecule has 11 heteroatoms. The van der Waals surface area contributed by atoms with Crippen LogP contribution in [0.1, 0.15) is 38.0 Å². The molecular formula is C31H37ClN2O7S. The first-order valence-corrected chi connectivity index (χ1v) is 15.2. The summed E-state index contributed by atoms with van der Waals surface area (Å²) in [4.78, 5) is 27.7. The number of carbonyl (C=O) groups excluding carboxylic acids is 2. The van der Waals surface area contributed by atoms with Crippen LogP contribution in [-0.4, -0.2) is 74.7 Å². The summed E-state index contributed by atoms with van der Waals surface area (Å²) < 4.78 is 37.3. The highest BCUT2D eigenvalue weighted by atomic mass is 35.5. The summed E-state index contributed by atoms with van der Waals surface area (Å²) in [5, 5.41) is 11.3. The highest BCUT2D eigenvalue weighted by Crippen LogP contribution is 2.24. The van der Waals surface area contributed by atoms with Gasteiger partial charge in [0, 0.05) is 25.7 Å². The van der Waals surface area contributed by atoms with E-state index in [9.17, 15) is 23.1 Å². The van der Waals surface area contributed by atoms with Gasteiger partial charge in [0.15, 0.2) is 6.61 Å². The topological polar surface area (TPSA) is 113 Å². The summed E-state index contributed by atoms with van der Waals surface area (Å²) in [6.45, 7) is 5.37. The third-order valence-electron chi connectivity index (χ3n) is 6.18. The van der Waals surface area contributed by atoms with Crippen molar-refractivity contribution in [2.24, 2.45) is 0 Å². The van der Waals surface area contributed by atoms with E-state index in [2.05, 4.69) is 0 Å². The van der Waals surface area contributed by atoms with Crippen LogP contribution in [0, 0.1) is 0 Å². The first-order chi connectivity index (χ1) is 19.7. The zero-order valence-corrected chi connectivity index (χ0v) is 26.0. The standard InChI is InChI=1S/C31H37ClN2O7S/c1-31(2,3)41-30(37)34(20-28(35)23-7-6-8-24(32)19-23)18-17-22-9-13-26(14-10-22)42(38,39)27-15-11-25(12-16-27)40-21-29(36)33(4)5/h6-16,19,28,35H,17-18,20-21H2,1-5H3/t28-/m0/s1. The molecule has 3 aromatic carbocycles. The van der Waals surface area contributed by atoms with Gasteiger partial charge in [0.1, 0.15) is 11.4 Å². The number of hydrogen-bond acceptors (Lipinski definition) is 7. The first kappa shape index (κ1) is 32.9. The Balaban J connectivity index is 1.69. The van der Waals surface area contributed by atoms with E-state index in [1.165, 1.54) is 46.2 Å². The van der Waals surface area contributed by atoms with Crippen molar-refractivity contribution < 1.29 is 32.6 Å². The quantitative estimate of drug-likeness (QED) is 0.317. The monoisotopic (exact) mass is 616 g/mol. The Morgan fingerprint density at radius 2 is 1.55 bits per heavy atom. The van der Waals surface area contributed by atoms with Crippen molar-refractivity contribution in [3.8, 4) is 5.75 Å². The van der Waals surface area contributed by atoms with Gasteiger partial charge in [-0.3, -0.25) is 4.79 Å². The van der Waals surface area contributed by atoms with Crippen molar-refractivity contribution in [3.05, 3.63) is 88.9 Å². The summed E-state index contributed by atoms with van der Waals surface area (Å²) in [6, 6.07) is 19.1. The molecule has 0 aliphatic carbocycles. The molecule has 3 rings (SSSR count). The lowest BCUT2D eigenvalue weighted by Gasteiger charge is -2.29. The highest BCUT2D eigenvalue weighted by Gasteiger charge is 2.25. The van der Waals surface area contributed by atoms with Gasteiger partial charge < -0.3 is 24.4 Å². The number of halogens is 1. The molecule has 42 heavy (non-hydrogen) atoms. The second-order valence-electron chi connectivity index (χ2n) is 10.9. The second kappa shape index (κ2) is 14.0. The molecule has 0 unspecified atom stereocenters. The highest BCUT2D eigenvalue weighted by molar-refractivity contribution is 7.91. The predicted molar refractivity (Wildman–Crippen MR) is 160 cm³/mol. The maximum atomic E-state index is 13.2. The number of likely N-dealkylation sites (N-methyl/N-ethyl adjacent to an activating group) is 1. The molecule has 0 spiro atoms. The minimum atomic E-state index is -3.79. The average molecular weight is 617 g/mol. The Morgan fingerprint density at radius 3 is 2.10 bits per heavy atom. The van der Waals surface area contributed by atoms with E-state index in [1.54, 1.807) is 71.3 Å². The minimum Gasteiger partial charge on any atom is -0.484 e. The number of aliphatic hydroxyl groups excluding tert-OH is 1. The number of carbonyl (C=O) groups is 2. The molecule has 3 aromatic rings. The molecule has 2 amide bonds. The van der Waals surface area contributed by atoms with Crippen LogP contribution in [-0.2, 0) is 25.8 Å². The smallest absolute Gasteiger partial charge is 0.410 e. The molecule has 0 aliphatic rings. The maximum Gasteiger partial charge on any atom is 0.410 e. The van der Waals surface area contributed by atoms with Gasteiger partial charge in [-0.1, -0.05) is 35.9 Å². The minimum absolute atomic E-state index is 0.00919. The van der Waals surface area contributed by atoms with Gasteiger partial charge in [-0.25, -0.2) is 13.2 Å². The zero-order valence-electron chi connectivity index (χ0n) is 24.4. The molecular weight excluding hydrogens is 580 g/mol. The summed E-state index contributed by atoms with van der Waals surface area (Å²) >= 11 is 6.06. The van der Waals surface area contributed by atoms with Crippen molar-refractivity contribution in [2.45, 2.75) is 48.7 Å². The van der Waals surface area contributed by atoms with Crippen LogP contribution in [0.3, 0.4) is 0 Å². The van der Waals surface area contributed by atoms with E-state index in [0.29, 0.717) is 22.8 Å². The number of hydrogen-bond donors (Lipinski definition) is 1. The third-order valence-corrected chi connectivity index (χ3v) is 8.20. The molecule has 226 valence electrons. The van der Waals surface area contributed by atoms with E-state index in [4.69, 9.17) is 21.1 Å². The van der Waals surface area contributed by atoms with Crippen molar-refractivity contribution in [1.29, 1.82) is 0 Å². The largest absolute Gasteiger partial charge is 0.484 e. The Morgan fingerprint density at radius 1 is 0.952 bits per heavy atom. The van der Waals surface area contributed by atoms with Gasteiger partial charge in [0.05, 0.1) is 22.4 Å². The first-order valence-electron chi connectivity index (χ1n) is 13.3. The Hall–Kier alpha value is -3.60. The number of ether oxygens (including phenoxy) is 2. The summed E-state index contributed by atoms with van der Waals surface area (Å²) in [5.41, 5.74) is 0.654. The molecule has 1 N–H and O–H groups in total. The van der Waals surface area contributed by atoms with Gasteiger partial charge in [-0.05, 0) is 86.8 Å². The fraction of sp³-hybridized carbons (Fsp3) is 0.355. The van der Waals surface area contributed by atoms with Crippen molar-refractivity contribution >= 4 is 33.4 Å². The lowest BCUT2D eigenvalue weighted by Crippen LogP contribution is -2.40. The number of amides is 2. The Labute approximate surface area is 252 Å². The molecule has 9 nitrogen and oxygen atoms in total. The fourth-order valence-corrected chi connectivity index (χ4v) is 5.30. The molecule has 0 radical (unpaired) electrons. The summed E-state index contributed by atoms with van der Waals surface area (Å²) in [7, 11) is -0.548. The number of aliphatic hydroxyl groups is 1. The van der Waals surface area contributed by atoms with E-state index in [0.717, 1.165) is 5.56 Å². The molecule has 0 aromatic heterocycles. The van der Waals surface area contributed by atoms with Gasteiger partial charge in [0.2, 0.25) is 9.84 Å². The summed E-state index contributed by atoms with van der Waals surface area (Å²) in [6.07, 6.45) is -1.14. The molecule has 0 bridgehead atoms. The normalized spacial score (nSPS) is 12.4. The maximum absolute atomic E-state index is 13.2. The van der Waals surface area contributed by atoms with Crippen molar-refractivity contribution in [1.82, 2.24) is 9.80 Å². The SMILES string of the molecule is CN(C)C(=O)COc1ccc(S(=O)(=O)c2ccc(CCN(C[C@H](O)c3cccc(Cl)c3)C(=O)OC(C)(C)C)cc2)cc1. The van der Waals surface area contributed by atoms with Crippen LogP contribution in [0.4, 0.5) is 4.79 Å². The lowest BCUT2D eigenvalue weighted by atomic mass is 10.1. The van der Waals surface area contributed by atoms with Gasteiger partial charge in [-0.2, -0.15) is 0 Å². The number of sulfone groups is 1. The van der Waals surface area contributed by atoms with Gasteiger partial charge >= 0.3 is 6.09 Å². The molecule has 0 aliphatic heterocycles. The molecule has 1 atom stereocenters. The number of nitrogens with zero attached hydrogens (tertiary/aromatic N) is 2. The molecule has 0 saturated carbocycles. The Bertz CT molecular complexity index is 1470. The van der Waals surface area contributed by atoms with Gasteiger partial charge in [0.25, 0.3) is 5.91 Å². The van der Waals surface area contributed by atoms with Crippen LogP contribution in [0.15, 0.2) is 82.6 Å². The fourth-order valence-electron chi connectivity index (χ4n) is 3.84. The molecule has 0 fully saturated rings. The number of rotatable bonds is 11. The van der Waals surface area contributed by atoms with E-state index >= 15 is 0 Å².